The molecule has 1 aliphatic rings. The smallest absolute Gasteiger partial charge is 0.0333 e. The van der Waals surface area contributed by atoms with E-state index >= 15 is 0 Å². The average molecular weight is 165 g/mol. The number of rotatable bonds is 2. The predicted molar refractivity (Wildman–Crippen MR) is 53.8 cm³/mol. The van der Waals surface area contributed by atoms with Gasteiger partial charge < -0.3 is 5.32 Å². The third-order valence-electron chi connectivity index (χ3n) is 2.25. The Morgan fingerprint density at radius 3 is 2.33 bits per heavy atom. The van der Waals surface area contributed by atoms with Crippen LogP contribution in [0.3, 0.4) is 0 Å². The molecular weight excluding hydrogens is 146 g/mol. The zero-order valence-corrected chi connectivity index (χ0v) is 8.52. The maximum absolute atomic E-state index is 3.39. The van der Waals surface area contributed by atoms with E-state index in [1.807, 2.05) is 0 Å². The Balaban J connectivity index is 2.74. The highest BCUT2D eigenvalue weighted by Gasteiger charge is 2.09. The lowest BCUT2D eigenvalue weighted by Crippen LogP contribution is -2.21. The Morgan fingerprint density at radius 2 is 1.83 bits per heavy atom. The van der Waals surface area contributed by atoms with E-state index in [1.54, 1.807) is 0 Å². The van der Waals surface area contributed by atoms with Crippen molar-refractivity contribution in [1.82, 2.24) is 5.32 Å². The van der Waals surface area contributed by atoms with Gasteiger partial charge in [-0.15, -0.1) is 0 Å². The first-order valence-corrected chi connectivity index (χ1v) is 4.76. The highest BCUT2D eigenvalue weighted by atomic mass is 14.9. The van der Waals surface area contributed by atoms with E-state index in [2.05, 4.69) is 45.2 Å². The van der Waals surface area contributed by atoms with Crippen molar-refractivity contribution in [1.29, 1.82) is 0 Å². The summed E-state index contributed by atoms with van der Waals surface area (Å²) in [6.07, 6.45) is 4.56. The molecule has 0 bridgehead atoms. The van der Waals surface area contributed by atoms with Crippen LogP contribution in [-0.4, -0.2) is 6.54 Å². The molecule has 1 rings (SSSR count). The Bertz CT molecular complexity index is 209. The first kappa shape index (κ1) is 9.37. The van der Waals surface area contributed by atoms with Crippen molar-refractivity contribution in [2.75, 3.05) is 6.54 Å². The molecule has 0 unspecified atom stereocenters. The molecule has 0 saturated heterocycles. The van der Waals surface area contributed by atoms with E-state index in [0.29, 0.717) is 11.8 Å². The minimum atomic E-state index is 0.618. The van der Waals surface area contributed by atoms with Crippen molar-refractivity contribution in [2.24, 2.45) is 11.8 Å². The van der Waals surface area contributed by atoms with Crippen LogP contribution in [0.15, 0.2) is 23.4 Å². The van der Waals surface area contributed by atoms with Crippen molar-refractivity contribution >= 4 is 0 Å². The molecule has 1 aliphatic heterocycles. The van der Waals surface area contributed by atoms with Crippen LogP contribution in [0, 0.1) is 11.8 Å². The highest BCUT2D eigenvalue weighted by Crippen LogP contribution is 2.18. The van der Waals surface area contributed by atoms with Gasteiger partial charge in [-0.3, -0.25) is 0 Å². The van der Waals surface area contributed by atoms with E-state index in [0.717, 1.165) is 6.54 Å². The maximum Gasteiger partial charge on any atom is 0.0333 e. The summed E-state index contributed by atoms with van der Waals surface area (Å²) in [6.45, 7) is 9.93. The second kappa shape index (κ2) is 3.79. The fraction of sp³-hybridized carbons (Fsp3) is 0.636. The fourth-order valence-corrected chi connectivity index (χ4v) is 1.35. The molecule has 1 heteroatoms. The molecule has 0 amide bonds. The van der Waals surface area contributed by atoms with E-state index < -0.39 is 0 Å². The molecule has 68 valence electrons. The van der Waals surface area contributed by atoms with Crippen LogP contribution < -0.4 is 5.32 Å². The number of allylic oxidation sites excluding steroid dienone is 3. The molecule has 0 aromatic heterocycles. The number of hydrogen-bond acceptors (Lipinski definition) is 1. The van der Waals surface area contributed by atoms with E-state index in [1.165, 1.54) is 11.3 Å². The number of dihydropyridines is 1. The zero-order chi connectivity index (χ0) is 9.14. The van der Waals surface area contributed by atoms with Crippen molar-refractivity contribution in [3.05, 3.63) is 23.4 Å². The lowest BCUT2D eigenvalue weighted by Gasteiger charge is -2.20. The van der Waals surface area contributed by atoms with Gasteiger partial charge in [-0.2, -0.15) is 0 Å². The maximum atomic E-state index is 3.39. The predicted octanol–water partition coefficient (Wildman–Crippen LogP) is 2.71. The first-order valence-electron chi connectivity index (χ1n) is 4.76. The van der Waals surface area contributed by atoms with Crippen molar-refractivity contribution in [2.45, 2.75) is 27.7 Å². The third kappa shape index (κ3) is 2.13. The summed E-state index contributed by atoms with van der Waals surface area (Å²) in [5, 5.41) is 3.39. The van der Waals surface area contributed by atoms with Crippen molar-refractivity contribution in [3.8, 4) is 0 Å². The molecule has 1 N–H and O–H groups in total. The second-order valence-electron chi connectivity index (χ2n) is 3.99. The molecule has 1 heterocycles. The van der Waals surface area contributed by atoms with Gasteiger partial charge in [0.15, 0.2) is 0 Å². The van der Waals surface area contributed by atoms with Gasteiger partial charge in [-0.25, -0.2) is 0 Å². The summed E-state index contributed by atoms with van der Waals surface area (Å²) in [5.74, 6) is 1.27. The van der Waals surface area contributed by atoms with Crippen molar-refractivity contribution < 1.29 is 0 Å². The molecule has 0 fully saturated rings. The summed E-state index contributed by atoms with van der Waals surface area (Å²) in [6, 6.07) is 0. The summed E-state index contributed by atoms with van der Waals surface area (Å²) in [7, 11) is 0. The van der Waals surface area contributed by atoms with Gasteiger partial charge in [-0.1, -0.05) is 33.8 Å². The largest absolute Gasteiger partial charge is 0.385 e. The van der Waals surface area contributed by atoms with E-state index in [4.69, 9.17) is 0 Å². The molecule has 0 atom stereocenters. The summed E-state index contributed by atoms with van der Waals surface area (Å²) in [4.78, 5) is 0. The fourth-order valence-electron chi connectivity index (χ4n) is 1.35. The molecule has 0 aliphatic carbocycles. The average Bonchev–Trinajstić information content (AvgIpc) is 2.04. The molecule has 0 saturated carbocycles. The van der Waals surface area contributed by atoms with Gasteiger partial charge in [-0.05, 0) is 23.5 Å². The highest BCUT2D eigenvalue weighted by molar-refractivity contribution is 5.29. The first-order chi connectivity index (χ1) is 5.61. The second-order valence-corrected chi connectivity index (χ2v) is 3.99. The number of nitrogens with one attached hydrogen (secondary N) is 1. The summed E-state index contributed by atoms with van der Waals surface area (Å²) >= 11 is 0. The normalized spacial score (nSPS) is 17.5. The van der Waals surface area contributed by atoms with Crippen LogP contribution in [-0.2, 0) is 0 Å². The van der Waals surface area contributed by atoms with Crippen LogP contribution in [0.4, 0.5) is 0 Å². The molecule has 1 nitrogen and oxygen atoms in total. The third-order valence-corrected chi connectivity index (χ3v) is 2.25. The van der Waals surface area contributed by atoms with Crippen LogP contribution in [0.5, 0.6) is 0 Å². The van der Waals surface area contributed by atoms with Crippen LogP contribution in [0.25, 0.3) is 0 Å². The summed E-state index contributed by atoms with van der Waals surface area (Å²) < 4.78 is 0. The van der Waals surface area contributed by atoms with Gasteiger partial charge in [0.25, 0.3) is 0 Å². The number of hydrogen-bond donors (Lipinski definition) is 1. The standard InChI is InChI=1S/C11H19N/c1-8(2)10-5-6-12-11(7-10)9(3)4/h5,7-9,12H,6H2,1-4H3. The van der Waals surface area contributed by atoms with Gasteiger partial charge >= 0.3 is 0 Å². The minimum Gasteiger partial charge on any atom is -0.385 e. The topological polar surface area (TPSA) is 12.0 Å². The molecule has 12 heavy (non-hydrogen) atoms. The Labute approximate surface area is 75.6 Å². The molecular formula is C11H19N. The van der Waals surface area contributed by atoms with Crippen LogP contribution >= 0.6 is 0 Å². The Morgan fingerprint density at radius 1 is 1.17 bits per heavy atom. The monoisotopic (exact) mass is 165 g/mol. The molecule has 0 spiro atoms. The van der Waals surface area contributed by atoms with E-state index in [9.17, 15) is 0 Å². The molecule has 0 radical (unpaired) electrons. The lowest BCUT2D eigenvalue weighted by atomic mass is 9.96. The SMILES string of the molecule is CC(C)C1=CCNC(C(C)C)=C1. The summed E-state index contributed by atoms with van der Waals surface area (Å²) in [5.41, 5.74) is 2.85. The van der Waals surface area contributed by atoms with Gasteiger partial charge in [0.2, 0.25) is 0 Å². The van der Waals surface area contributed by atoms with Crippen molar-refractivity contribution in [3.63, 3.8) is 0 Å². The van der Waals surface area contributed by atoms with Crippen LogP contribution in [0.2, 0.25) is 0 Å². The zero-order valence-electron chi connectivity index (χ0n) is 8.52. The quantitative estimate of drug-likeness (QED) is 0.663. The minimum absolute atomic E-state index is 0.618. The van der Waals surface area contributed by atoms with E-state index in [-0.39, 0.29) is 0 Å². The van der Waals surface area contributed by atoms with Gasteiger partial charge in [0, 0.05) is 12.2 Å². The van der Waals surface area contributed by atoms with Gasteiger partial charge in [0.05, 0.1) is 0 Å². The Hall–Kier alpha value is -0.720. The van der Waals surface area contributed by atoms with Gasteiger partial charge in [0.1, 0.15) is 0 Å². The lowest BCUT2D eigenvalue weighted by molar-refractivity contribution is 0.656. The molecule has 0 aromatic rings. The molecule has 0 aromatic carbocycles. The Kier molecular flexibility index (Phi) is 2.96. The van der Waals surface area contributed by atoms with Crippen LogP contribution in [0.1, 0.15) is 27.7 Å².